The van der Waals surface area contributed by atoms with E-state index >= 15 is 0 Å². The summed E-state index contributed by atoms with van der Waals surface area (Å²) in [5, 5.41) is 17.1. The summed E-state index contributed by atoms with van der Waals surface area (Å²) >= 11 is 0. The number of aromatic nitrogens is 2. The number of hydrogen-bond donors (Lipinski definition) is 1. The van der Waals surface area contributed by atoms with E-state index in [1.54, 1.807) is 0 Å². The highest BCUT2D eigenvalue weighted by Gasteiger charge is 2.32. The summed E-state index contributed by atoms with van der Waals surface area (Å²) in [7, 11) is 1.43. The molecule has 0 saturated heterocycles. The lowest BCUT2D eigenvalue weighted by Gasteiger charge is -2.16. The molecule has 102 valence electrons. The molecule has 0 spiro atoms. The fourth-order valence-electron chi connectivity index (χ4n) is 1.66. The number of hydrogen-bond acceptors (Lipinski definition) is 4. The summed E-state index contributed by atoms with van der Waals surface area (Å²) in [6.07, 6.45) is -5.40. The van der Waals surface area contributed by atoms with Gasteiger partial charge in [-0.2, -0.15) is 18.3 Å². The van der Waals surface area contributed by atoms with Gasteiger partial charge < -0.3 is 5.32 Å². The van der Waals surface area contributed by atoms with Crippen LogP contribution in [0.25, 0.3) is 0 Å². The minimum atomic E-state index is -4.32. The zero-order chi connectivity index (χ0) is 14.1. The molecule has 0 bridgehead atoms. The Balaban J connectivity index is 2.94. The van der Waals surface area contributed by atoms with E-state index in [0.29, 0.717) is 0 Å². The molecule has 0 aliphatic heterocycles. The van der Waals surface area contributed by atoms with Gasteiger partial charge in [-0.15, -0.1) is 0 Å². The minimum Gasteiger partial charge on any atom is -0.362 e. The molecule has 1 aromatic heterocycles. The lowest BCUT2D eigenvalue weighted by atomic mass is 10.2. The zero-order valence-electron chi connectivity index (χ0n) is 10.1. The van der Waals surface area contributed by atoms with Crippen LogP contribution in [0.5, 0.6) is 0 Å². The fraction of sp³-hybridized carbons (Fsp3) is 0.667. The monoisotopic (exact) mass is 266 g/mol. The van der Waals surface area contributed by atoms with Crippen molar-refractivity contribution in [2.45, 2.75) is 32.5 Å². The van der Waals surface area contributed by atoms with Gasteiger partial charge in [-0.25, -0.2) is 4.68 Å². The van der Waals surface area contributed by atoms with Crippen LogP contribution in [0.3, 0.4) is 0 Å². The van der Waals surface area contributed by atoms with Crippen molar-refractivity contribution in [3.63, 3.8) is 0 Å². The van der Waals surface area contributed by atoms with E-state index in [1.807, 2.05) is 0 Å². The Labute approximate surface area is 101 Å². The summed E-state index contributed by atoms with van der Waals surface area (Å²) in [6.45, 7) is 2.73. The standard InChI is InChI=1S/C9H13F3N4O2/c1-5(4-9(10,11)12)13-8-7(16(17)18)6(2)14-15(8)3/h5,13H,4H2,1-3H3. The Bertz CT molecular complexity index is 455. The smallest absolute Gasteiger partial charge is 0.362 e. The van der Waals surface area contributed by atoms with Crippen LogP contribution in [0.4, 0.5) is 24.7 Å². The molecule has 1 unspecified atom stereocenters. The molecule has 18 heavy (non-hydrogen) atoms. The number of rotatable bonds is 4. The van der Waals surface area contributed by atoms with Crippen molar-refractivity contribution in [1.29, 1.82) is 0 Å². The van der Waals surface area contributed by atoms with Crippen LogP contribution >= 0.6 is 0 Å². The first-order valence-electron chi connectivity index (χ1n) is 5.13. The molecule has 9 heteroatoms. The summed E-state index contributed by atoms with van der Waals surface area (Å²) in [5.74, 6) is -0.0192. The van der Waals surface area contributed by atoms with Crippen LogP contribution in [0, 0.1) is 17.0 Å². The third-order valence-corrected chi connectivity index (χ3v) is 2.29. The molecular formula is C9H13F3N4O2. The van der Waals surface area contributed by atoms with Crippen LogP contribution < -0.4 is 5.32 Å². The fourth-order valence-corrected chi connectivity index (χ4v) is 1.66. The second kappa shape index (κ2) is 4.83. The molecule has 0 radical (unpaired) electrons. The molecule has 0 aliphatic carbocycles. The number of nitrogens with one attached hydrogen (secondary N) is 1. The van der Waals surface area contributed by atoms with E-state index < -0.39 is 23.6 Å². The van der Waals surface area contributed by atoms with Gasteiger partial charge in [0.05, 0.1) is 11.3 Å². The van der Waals surface area contributed by atoms with Crippen LogP contribution in [0.2, 0.25) is 0 Å². The Kier molecular flexibility index (Phi) is 3.82. The van der Waals surface area contributed by atoms with Crippen molar-refractivity contribution < 1.29 is 18.1 Å². The van der Waals surface area contributed by atoms with Gasteiger partial charge in [-0.3, -0.25) is 10.1 Å². The number of alkyl halides is 3. The third kappa shape index (κ3) is 3.34. The molecule has 6 nitrogen and oxygen atoms in total. The zero-order valence-corrected chi connectivity index (χ0v) is 10.1. The molecule has 0 aliphatic rings. The summed E-state index contributed by atoms with van der Waals surface area (Å²) in [6, 6.07) is -0.974. The normalized spacial score (nSPS) is 13.4. The average Bonchev–Trinajstić information content (AvgIpc) is 2.37. The number of halogens is 3. The molecule has 0 aromatic carbocycles. The van der Waals surface area contributed by atoms with E-state index in [0.717, 1.165) is 0 Å². The van der Waals surface area contributed by atoms with Crippen molar-refractivity contribution in [3.05, 3.63) is 15.8 Å². The SMILES string of the molecule is Cc1nn(C)c(NC(C)CC(F)(F)F)c1[N+](=O)[O-]. The van der Waals surface area contributed by atoms with Crippen molar-refractivity contribution >= 4 is 11.5 Å². The van der Waals surface area contributed by atoms with Crippen molar-refractivity contribution in [2.24, 2.45) is 7.05 Å². The van der Waals surface area contributed by atoms with Crippen LogP contribution in [-0.4, -0.2) is 26.9 Å². The van der Waals surface area contributed by atoms with Crippen LogP contribution in [-0.2, 0) is 7.05 Å². The van der Waals surface area contributed by atoms with Gasteiger partial charge in [0, 0.05) is 13.1 Å². The predicted octanol–water partition coefficient (Wildman–Crippen LogP) is 2.39. The highest BCUT2D eigenvalue weighted by Crippen LogP contribution is 2.30. The van der Waals surface area contributed by atoms with Gasteiger partial charge in [0.25, 0.3) is 0 Å². The van der Waals surface area contributed by atoms with Crippen molar-refractivity contribution in [3.8, 4) is 0 Å². The largest absolute Gasteiger partial charge is 0.391 e. The first-order valence-corrected chi connectivity index (χ1v) is 5.13. The van der Waals surface area contributed by atoms with Gasteiger partial charge in [-0.1, -0.05) is 0 Å². The molecule has 1 N–H and O–H groups in total. The van der Waals surface area contributed by atoms with E-state index in [2.05, 4.69) is 10.4 Å². The van der Waals surface area contributed by atoms with Crippen molar-refractivity contribution in [2.75, 3.05) is 5.32 Å². The van der Waals surface area contributed by atoms with E-state index in [9.17, 15) is 23.3 Å². The number of nitro groups is 1. The highest BCUT2D eigenvalue weighted by molar-refractivity contribution is 5.59. The molecule has 0 fully saturated rings. The third-order valence-electron chi connectivity index (χ3n) is 2.29. The summed E-state index contributed by atoms with van der Waals surface area (Å²) in [5.41, 5.74) is -0.143. The minimum absolute atomic E-state index is 0.0192. The molecule has 1 atom stereocenters. The Hall–Kier alpha value is -1.80. The van der Waals surface area contributed by atoms with Gasteiger partial charge >= 0.3 is 11.9 Å². The lowest BCUT2D eigenvalue weighted by molar-refractivity contribution is -0.384. The van der Waals surface area contributed by atoms with Crippen LogP contribution in [0.1, 0.15) is 19.0 Å². The maximum absolute atomic E-state index is 12.2. The maximum Gasteiger partial charge on any atom is 0.391 e. The Morgan fingerprint density at radius 3 is 2.56 bits per heavy atom. The van der Waals surface area contributed by atoms with Crippen LogP contribution in [0.15, 0.2) is 0 Å². The molecule has 0 amide bonds. The number of nitrogens with zero attached hydrogens (tertiary/aromatic N) is 3. The van der Waals surface area contributed by atoms with Gasteiger partial charge in [0.15, 0.2) is 0 Å². The highest BCUT2D eigenvalue weighted by atomic mass is 19.4. The first kappa shape index (κ1) is 14.3. The lowest BCUT2D eigenvalue weighted by Crippen LogP contribution is -2.25. The van der Waals surface area contributed by atoms with E-state index in [1.165, 1.54) is 25.6 Å². The molecule has 0 saturated carbocycles. The quantitative estimate of drug-likeness (QED) is 0.670. The second-order valence-corrected chi connectivity index (χ2v) is 4.03. The number of anilines is 1. The van der Waals surface area contributed by atoms with Crippen molar-refractivity contribution in [1.82, 2.24) is 9.78 Å². The van der Waals surface area contributed by atoms with Gasteiger partial charge in [0.1, 0.15) is 5.69 Å². The molecule has 1 aromatic rings. The first-order chi connectivity index (χ1) is 8.11. The van der Waals surface area contributed by atoms with E-state index in [4.69, 9.17) is 0 Å². The number of aryl methyl sites for hydroxylation is 2. The molecule has 1 heterocycles. The van der Waals surface area contributed by atoms with Gasteiger partial charge in [-0.05, 0) is 13.8 Å². The second-order valence-electron chi connectivity index (χ2n) is 4.03. The molecule has 1 rings (SSSR count). The Morgan fingerprint density at radius 2 is 2.11 bits per heavy atom. The summed E-state index contributed by atoms with van der Waals surface area (Å²) < 4.78 is 37.7. The molecular weight excluding hydrogens is 253 g/mol. The average molecular weight is 266 g/mol. The van der Waals surface area contributed by atoms with Gasteiger partial charge in [0.2, 0.25) is 5.82 Å². The topological polar surface area (TPSA) is 73.0 Å². The predicted molar refractivity (Wildman–Crippen MR) is 58.4 cm³/mol. The maximum atomic E-state index is 12.2. The summed E-state index contributed by atoms with van der Waals surface area (Å²) in [4.78, 5) is 10.2. The van der Waals surface area contributed by atoms with E-state index in [-0.39, 0.29) is 17.2 Å². The Morgan fingerprint density at radius 1 is 1.56 bits per heavy atom.